The highest BCUT2D eigenvalue weighted by molar-refractivity contribution is 5.86. The number of hydrogen-bond acceptors (Lipinski definition) is 1. The summed E-state index contributed by atoms with van der Waals surface area (Å²) in [5.41, 5.74) is 1.23. The molecule has 0 aliphatic carbocycles. The minimum absolute atomic E-state index is 0.608. The van der Waals surface area contributed by atoms with Crippen molar-refractivity contribution in [2.24, 2.45) is 5.41 Å². The first-order valence-electron chi connectivity index (χ1n) is 11.5. The van der Waals surface area contributed by atoms with Crippen LogP contribution >= 0.6 is 0 Å². The molecule has 0 aliphatic rings. The van der Waals surface area contributed by atoms with Crippen LogP contribution in [-0.4, -0.2) is 11.1 Å². The fourth-order valence-corrected chi connectivity index (χ4v) is 4.46. The SMILES string of the molecule is CCCCC(=CCCCCCCCC(CCC)(CCC)CCC)C(=O)O. The van der Waals surface area contributed by atoms with Crippen molar-refractivity contribution in [2.75, 3.05) is 0 Å². The Labute approximate surface area is 163 Å². The van der Waals surface area contributed by atoms with Crippen molar-refractivity contribution < 1.29 is 9.90 Å². The number of carbonyl (C=O) groups is 1. The van der Waals surface area contributed by atoms with Gasteiger partial charge in [-0.2, -0.15) is 0 Å². The van der Waals surface area contributed by atoms with Crippen LogP contribution in [0.1, 0.15) is 130 Å². The molecule has 0 rings (SSSR count). The maximum absolute atomic E-state index is 11.2. The first kappa shape index (κ1) is 25.2. The summed E-state index contributed by atoms with van der Waals surface area (Å²) in [5, 5.41) is 9.21. The van der Waals surface area contributed by atoms with E-state index in [9.17, 15) is 9.90 Å². The predicted molar refractivity (Wildman–Crippen MR) is 115 cm³/mol. The van der Waals surface area contributed by atoms with Crippen molar-refractivity contribution in [3.8, 4) is 0 Å². The summed E-state index contributed by atoms with van der Waals surface area (Å²) >= 11 is 0. The van der Waals surface area contributed by atoms with E-state index in [1.807, 2.05) is 6.08 Å². The molecule has 0 aromatic carbocycles. The topological polar surface area (TPSA) is 37.3 Å². The van der Waals surface area contributed by atoms with Crippen molar-refractivity contribution >= 4 is 5.97 Å². The molecule has 0 saturated carbocycles. The Kier molecular flexibility index (Phi) is 15.9. The third kappa shape index (κ3) is 11.8. The molecule has 0 amide bonds. The highest BCUT2D eigenvalue weighted by atomic mass is 16.4. The van der Waals surface area contributed by atoms with Gasteiger partial charge in [-0.1, -0.05) is 85.1 Å². The average Bonchev–Trinajstić information content (AvgIpc) is 2.60. The molecule has 0 atom stereocenters. The lowest BCUT2D eigenvalue weighted by atomic mass is 9.72. The first-order chi connectivity index (χ1) is 12.5. The first-order valence-corrected chi connectivity index (χ1v) is 11.5. The van der Waals surface area contributed by atoms with E-state index in [0.29, 0.717) is 11.0 Å². The summed E-state index contributed by atoms with van der Waals surface area (Å²) < 4.78 is 0. The third-order valence-corrected chi connectivity index (χ3v) is 5.72. The Morgan fingerprint density at radius 3 is 1.77 bits per heavy atom. The maximum Gasteiger partial charge on any atom is 0.331 e. The fraction of sp³-hybridized carbons (Fsp3) is 0.875. The Morgan fingerprint density at radius 1 is 0.731 bits per heavy atom. The molecule has 2 heteroatoms. The van der Waals surface area contributed by atoms with Gasteiger partial charge in [0.1, 0.15) is 0 Å². The van der Waals surface area contributed by atoms with Crippen LogP contribution in [0.5, 0.6) is 0 Å². The molecule has 0 aromatic rings. The molecule has 0 unspecified atom stereocenters. The van der Waals surface area contributed by atoms with Gasteiger partial charge in [0.25, 0.3) is 0 Å². The van der Waals surface area contributed by atoms with Gasteiger partial charge in [-0.15, -0.1) is 0 Å². The van der Waals surface area contributed by atoms with Crippen LogP contribution in [0.3, 0.4) is 0 Å². The molecule has 1 N–H and O–H groups in total. The number of hydrogen-bond donors (Lipinski definition) is 1. The summed E-state index contributed by atoms with van der Waals surface area (Å²) in [6, 6.07) is 0. The molecule has 154 valence electrons. The Hall–Kier alpha value is -0.790. The number of carboxylic acid groups (broad SMARTS) is 1. The van der Waals surface area contributed by atoms with Crippen LogP contribution < -0.4 is 0 Å². The van der Waals surface area contributed by atoms with Crippen LogP contribution in [0, 0.1) is 5.41 Å². The molecule has 0 bridgehead atoms. The molecule has 26 heavy (non-hydrogen) atoms. The summed E-state index contributed by atoms with van der Waals surface area (Å²) in [4.78, 5) is 11.2. The monoisotopic (exact) mass is 366 g/mol. The van der Waals surface area contributed by atoms with Gasteiger partial charge < -0.3 is 5.11 Å². The van der Waals surface area contributed by atoms with E-state index in [1.165, 1.54) is 70.6 Å². The van der Waals surface area contributed by atoms with Crippen molar-refractivity contribution in [1.29, 1.82) is 0 Å². The summed E-state index contributed by atoms with van der Waals surface area (Å²) in [6.45, 7) is 9.11. The minimum atomic E-state index is -0.724. The third-order valence-electron chi connectivity index (χ3n) is 5.72. The quantitative estimate of drug-likeness (QED) is 0.195. The summed E-state index contributed by atoms with van der Waals surface area (Å²) in [6.07, 6.45) is 21.6. The molecule has 0 fully saturated rings. The smallest absolute Gasteiger partial charge is 0.331 e. The van der Waals surface area contributed by atoms with Crippen molar-refractivity contribution in [3.05, 3.63) is 11.6 Å². The zero-order chi connectivity index (χ0) is 19.7. The van der Waals surface area contributed by atoms with Crippen LogP contribution in [0.4, 0.5) is 0 Å². The van der Waals surface area contributed by atoms with Gasteiger partial charge in [0.2, 0.25) is 0 Å². The normalized spacial score (nSPS) is 12.5. The standard InChI is InChI=1S/C24H46O2/c1-5-9-16-22(23(25)26)17-14-12-10-11-13-15-21-24(18-6-2,19-7-3)20-8-4/h17H,5-16,18-21H2,1-4H3,(H,25,26). The molecular weight excluding hydrogens is 320 g/mol. The molecule has 0 spiro atoms. The zero-order valence-electron chi connectivity index (χ0n) is 18.2. The Balaban J connectivity index is 4.04. The second-order valence-electron chi connectivity index (χ2n) is 8.19. The molecule has 0 aromatic heterocycles. The lowest BCUT2D eigenvalue weighted by Gasteiger charge is -2.34. The lowest BCUT2D eigenvalue weighted by Crippen LogP contribution is -2.20. The van der Waals surface area contributed by atoms with E-state index in [1.54, 1.807) is 0 Å². The van der Waals surface area contributed by atoms with Crippen LogP contribution in [0.2, 0.25) is 0 Å². The van der Waals surface area contributed by atoms with Crippen molar-refractivity contribution in [2.45, 2.75) is 130 Å². The predicted octanol–water partition coefficient (Wildman–Crippen LogP) is 8.31. The molecule has 0 saturated heterocycles. The van der Waals surface area contributed by atoms with Gasteiger partial charge in [0, 0.05) is 5.57 Å². The van der Waals surface area contributed by atoms with E-state index >= 15 is 0 Å². The minimum Gasteiger partial charge on any atom is -0.478 e. The molecule has 0 heterocycles. The number of allylic oxidation sites excluding steroid dienone is 1. The lowest BCUT2D eigenvalue weighted by molar-refractivity contribution is -0.132. The van der Waals surface area contributed by atoms with Gasteiger partial charge in [-0.05, 0) is 56.8 Å². The molecule has 2 nitrogen and oxygen atoms in total. The van der Waals surface area contributed by atoms with Crippen LogP contribution in [0.25, 0.3) is 0 Å². The van der Waals surface area contributed by atoms with Gasteiger partial charge >= 0.3 is 5.97 Å². The summed E-state index contributed by atoms with van der Waals surface area (Å²) in [7, 11) is 0. The zero-order valence-corrected chi connectivity index (χ0v) is 18.2. The van der Waals surface area contributed by atoms with Gasteiger partial charge in [-0.3, -0.25) is 0 Å². The van der Waals surface area contributed by atoms with Crippen LogP contribution in [0.15, 0.2) is 11.6 Å². The Bertz CT molecular complexity index is 353. The molecule has 0 aliphatic heterocycles. The summed E-state index contributed by atoms with van der Waals surface area (Å²) in [5.74, 6) is -0.724. The largest absolute Gasteiger partial charge is 0.478 e. The van der Waals surface area contributed by atoms with Gasteiger partial charge in [0.05, 0.1) is 0 Å². The fourth-order valence-electron chi connectivity index (χ4n) is 4.46. The number of unbranched alkanes of at least 4 members (excludes halogenated alkanes) is 6. The van der Waals surface area contributed by atoms with Gasteiger partial charge in [0.15, 0.2) is 0 Å². The molecular formula is C24H46O2. The van der Waals surface area contributed by atoms with E-state index < -0.39 is 5.97 Å². The maximum atomic E-state index is 11.2. The number of carboxylic acids is 1. The number of rotatable bonds is 18. The van der Waals surface area contributed by atoms with E-state index in [4.69, 9.17) is 0 Å². The van der Waals surface area contributed by atoms with Crippen molar-refractivity contribution in [3.63, 3.8) is 0 Å². The van der Waals surface area contributed by atoms with Crippen LogP contribution in [-0.2, 0) is 4.79 Å². The second-order valence-corrected chi connectivity index (χ2v) is 8.19. The highest BCUT2D eigenvalue weighted by Crippen LogP contribution is 2.40. The molecule has 0 radical (unpaired) electrons. The van der Waals surface area contributed by atoms with Gasteiger partial charge in [-0.25, -0.2) is 4.79 Å². The van der Waals surface area contributed by atoms with Crippen molar-refractivity contribution in [1.82, 2.24) is 0 Å². The average molecular weight is 367 g/mol. The Morgan fingerprint density at radius 2 is 1.27 bits per heavy atom. The highest BCUT2D eigenvalue weighted by Gasteiger charge is 2.26. The van der Waals surface area contributed by atoms with E-state index in [0.717, 1.165) is 32.1 Å². The van der Waals surface area contributed by atoms with E-state index in [-0.39, 0.29) is 0 Å². The van der Waals surface area contributed by atoms with E-state index in [2.05, 4.69) is 27.7 Å². The second kappa shape index (κ2) is 16.4. The number of aliphatic carboxylic acids is 1.